The van der Waals surface area contributed by atoms with Crippen molar-refractivity contribution in [1.82, 2.24) is 20.2 Å². The predicted molar refractivity (Wildman–Crippen MR) is 197 cm³/mol. The summed E-state index contributed by atoms with van der Waals surface area (Å²) in [5, 5.41) is 12.4. The van der Waals surface area contributed by atoms with Gasteiger partial charge >= 0.3 is 5.97 Å². The number of aromatic nitrogens is 2. The second-order valence-corrected chi connectivity index (χ2v) is 15.1. The zero-order valence-corrected chi connectivity index (χ0v) is 30.3. The lowest BCUT2D eigenvalue weighted by atomic mass is 9.95. The van der Waals surface area contributed by atoms with Crippen molar-refractivity contribution in [1.29, 1.82) is 0 Å². The Kier molecular flexibility index (Phi) is 12.4. The van der Waals surface area contributed by atoms with E-state index in [0.717, 1.165) is 45.9 Å². The molecular formula is C40H48N4O5S. The van der Waals surface area contributed by atoms with Crippen LogP contribution in [0.15, 0.2) is 73.1 Å². The van der Waals surface area contributed by atoms with E-state index in [-0.39, 0.29) is 30.2 Å². The zero-order valence-electron chi connectivity index (χ0n) is 29.5. The number of carboxylic acids is 1. The molecule has 0 saturated carbocycles. The number of carbonyl (C=O) groups is 3. The Labute approximate surface area is 299 Å². The van der Waals surface area contributed by atoms with E-state index in [4.69, 9.17) is 4.74 Å². The summed E-state index contributed by atoms with van der Waals surface area (Å²) < 4.78 is 5.90. The normalized spacial score (nSPS) is 15.1. The molecule has 9 nitrogen and oxygen atoms in total. The standard InChI is InChI=1S/C40H48N4O5S/c1-5-6-7-8-9-22-49-32-16-14-28(15-17-32)31-24-41-36(42-25-31)29-12-10-27(11-13-29)23-33(38(46)44-21-20-30(26-44)39(47)48)43-37(45)34-18-19-35(50-34)40(2,3)4/h10-19,24-25,30,33H,5-9,20-23,26H2,1-4H3,(H,43,45)(H,47,48)/t30-,33+/m1/s1. The molecule has 1 fully saturated rings. The molecule has 2 aromatic heterocycles. The average Bonchev–Trinajstić information content (AvgIpc) is 3.82. The van der Waals surface area contributed by atoms with Crippen LogP contribution in [0.3, 0.4) is 0 Å². The molecule has 4 aromatic rings. The Balaban J connectivity index is 1.23. The van der Waals surface area contributed by atoms with Gasteiger partial charge in [-0.05, 0) is 53.6 Å². The van der Waals surface area contributed by atoms with E-state index in [1.807, 2.05) is 54.6 Å². The van der Waals surface area contributed by atoms with E-state index in [1.54, 1.807) is 23.4 Å². The molecule has 10 heteroatoms. The first-order valence-electron chi connectivity index (χ1n) is 17.6. The monoisotopic (exact) mass is 696 g/mol. The highest BCUT2D eigenvalue weighted by Gasteiger charge is 2.35. The molecule has 1 aliphatic heterocycles. The van der Waals surface area contributed by atoms with E-state index < -0.39 is 17.9 Å². The van der Waals surface area contributed by atoms with E-state index in [0.29, 0.717) is 23.7 Å². The first-order valence-corrected chi connectivity index (χ1v) is 18.4. The van der Waals surface area contributed by atoms with Crippen LogP contribution in [0, 0.1) is 5.92 Å². The number of unbranched alkanes of at least 4 members (excludes halogenated alkanes) is 4. The number of nitrogens with one attached hydrogen (secondary N) is 1. The van der Waals surface area contributed by atoms with E-state index in [2.05, 4.69) is 43.0 Å². The lowest BCUT2D eigenvalue weighted by Gasteiger charge is -2.24. The highest BCUT2D eigenvalue weighted by atomic mass is 32.1. The smallest absolute Gasteiger partial charge is 0.308 e. The Morgan fingerprint density at radius 2 is 1.60 bits per heavy atom. The molecule has 2 atom stereocenters. The number of rotatable bonds is 15. The molecule has 264 valence electrons. The SMILES string of the molecule is CCCCCCCOc1ccc(-c2cnc(-c3ccc(C[C@H](NC(=O)c4ccc(C(C)(C)C)s4)C(=O)N4CC[C@@H](C(=O)O)C4)cc3)nc2)cc1. The zero-order chi connectivity index (χ0) is 35.7. The molecule has 2 amide bonds. The number of hydrogen-bond donors (Lipinski definition) is 2. The first-order chi connectivity index (χ1) is 24.0. The summed E-state index contributed by atoms with van der Waals surface area (Å²) in [5.74, 6) is -0.672. The number of amides is 2. The number of likely N-dealkylation sites (tertiary alicyclic amines) is 1. The van der Waals surface area contributed by atoms with Crippen LogP contribution in [0.4, 0.5) is 0 Å². The van der Waals surface area contributed by atoms with Crippen molar-refractivity contribution in [2.75, 3.05) is 19.7 Å². The van der Waals surface area contributed by atoms with Gasteiger partial charge in [-0.1, -0.05) is 89.8 Å². The summed E-state index contributed by atoms with van der Waals surface area (Å²) in [7, 11) is 0. The molecule has 5 rings (SSSR count). The quantitative estimate of drug-likeness (QED) is 0.122. The van der Waals surface area contributed by atoms with Crippen LogP contribution >= 0.6 is 11.3 Å². The lowest BCUT2D eigenvalue weighted by molar-refractivity contribution is -0.141. The van der Waals surface area contributed by atoms with Crippen LogP contribution in [0.2, 0.25) is 0 Å². The number of ether oxygens (including phenoxy) is 1. The second-order valence-electron chi connectivity index (χ2n) is 14.0. The van der Waals surface area contributed by atoms with Crippen LogP contribution in [-0.2, 0) is 21.4 Å². The number of carboxylic acid groups (broad SMARTS) is 1. The third-order valence-electron chi connectivity index (χ3n) is 9.03. The lowest BCUT2D eigenvalue weighted by Crippen LogP contribution is -2.49. The molecule has 0 unspecified atom stereocenters. The summed E-state index contributed by atoms with van der Waals surface area (Å²) in [5.41, 5.74) is 3.49. The first kappa shape index (κ1) is 36.7. The molecule has 3 heterocycles. The van der Waals surface area contributed by atoms with Crippen molar-refractivity contribution in [2.45, 2.75) is 84.1 Å². The maximum Gasteiger partial charge on any atom is 0.308 e. The van der Waals surface area contributed by atoms with Gasteiger partial charge in [0, 0.05) is 47.9 Å². The Morgan fingerprint density at radius 1 is 0.920 bits per heavy atom. The maximum atomic E-state index is 13.7. The molecule has 0 spiro atoms. The minimum Gasteiger partial charge on any atom is -0.494 e. The van der Waals surface area contributed by atoms with Gasteiger partial charge in [-0.3, -0.25) is 14.4 Å². The van der Waals surface area contributed by atoms with Gasteiger partial charge in [0.15, 0.2) is 5.82 Å². The summed E-state index contributed by atoms with van der Waals surface area (Å²) in [6, 6.07) is 18.5. The fraction of sp³-hybridized carbons (Fsp3) is 0.425. The number of benzene rings is 2. The third kappa shape index (κ3) is 9.78. The highest BCUT2D eigenvalue weighted by molar-refractivity contribution is 7.14. The molecule has 0 aliphatic carbocycles. The molecule has 1 aliphatic rings. The number of hydrogen-bond acceptors (Lipinski definition) is 7. The van der Waals surface area contributed by atoms with E-state index in [9.17, 15) is 19.5 Å². The fourth-order valence-corrected chi connectivity index (χ4v) is 6.93. The largest absolute Gasteiger partial charge is 0.494 e. The molecule has 50 heavy (non-hydrogen) atoms. The topological polar surface area (TPSA) is 122 Å². The van der Waals surface area contributed by atoms with Crippen LogP contribution < -0.4 is 10.1 Å². The molecule has 0 bridgehead atoms. The van der Waals surface area contributed by atoms with Crippen molar-refractivity contribution in [2.24, 2.45) is 5.92 Å². The van der Waals surface area contributed by atoms with Gasteiger partial charge in [-0.25, -0.2) is 9.97 Å². The Bertz CT molecular complexity index is 1730. The van der Waals surface area contributed by atoms with Gasteiger partial charge < -0.3 is 20.1 Å². The van der Waals surface area contributed by atoms with Crippen molar-refractivity contribution in [3.63, 3.8) is 0 Å². The molecule has 2 aromatic carbocycles. The summed E-state index contributed by atoms with van der Waals surface area (Å²) in [6.45, 7) is 9.70. The van der Waals surface area contributed by atoms with Crippen LogP contribution in [0.25, 0.3) is 22.5 Å². The molecule has 0 radical (unpaired) electrons. The molecule has 1 saturated heterocycles. The van der Waals surface area contributed by atoms with Gasteiger partial charge in [0.2, 0.25) is 5.91 Å². The van der Waals surface area contributed by atoms with Crippen LogP contribution in [-0.4, -0.2) is 63.5 Å². The summed E-state index contributed by atoms with van der Waals surface area (Å²) >= 11 is 1.42. The highest BCUT2D eigenvalue weighted by Crippen LogP contribution is 2.30. The average molecular weight is 697 g/mol. The molecular weight excluding hydrogens is 649 g/mol. The number of carbonyl (C=O) groups excluding carboxylic acids is 2. The number of aliphatic carboxylic acids is 1. The number of nitrogens with zero attached hydrogens (tertiary/aromatic N) is 3. The van der Waals surface area contributed by atoms with Gasteiger partial charge in [-0.15, -0.1) is 11.3 Å². The summed E-state index contributed by atoms with van der Waals surface area (Å²) in [4.78, 5) is 51.0. The minimum atomic E-state index is -0.911. The van der Waals surface area contributed by atoms with Gasteiger partial charge in [0.1, 0.15) is 11.8 Å². The maximum absolute atomic E-state index is 13.7. The molecule has 2 N–H and O–H groups in total. The van der Waals surface area contributed by atoms with Crippen molar-refractivity contribution in [3.8, 4) is 28.3 Å². The minimum absolute atomic E-state index is 0.0979. The fourth-order valence-electron chi connectivity index (χ4n) is 5.97. The third-order valence-corrected chi connectivity index (χ3v) is 10.5. The number of thiophene rings is 1. The summed E-state index contributed by atoms with van der Waals surface area (Å²) in [6.07, 6.45) is 10.3. The van der Waals surface area contributed by atoms with Crippen LogP contribution in [0.5, 0.6) is 5.75 Å². The van der Waals surface area contributed by atoms with Crippen molar-refractivity contribution < 1.29 is 24.2 Å². The van der Waals surface area contributed by atoms with Gasteiger partial charge in [0.25, 0.3) is 5.91 Å². The van der Waals surface area contributed by atoms with E-state index in [1.165, 1.54) is 37.0 Å². The van der Waals surface area contributed by atoms with Gasteiger partial charge in [-0.2, -0.15) is 0 Å². The van der Waals surface area contributed by atoms with Gasteiger partial charge in [0.05, 0.1) is 17.4 Å². The van der Waals surface area contributed by atoms with Crippen molar-refractivity contribution in [3.05, 3.63) is 88.4 Å². The second kappa shape index (κ2) is 16.9. The van der Waals surface area contributed by atoms with Crippen molar-refractivity contribution >= 4 is 29.1 Å². The van der Waals surface area contributed by atoms with E-state index >= 15 is 0 Å². The van der Waals surface area contributed by atoms with Crippen LogP contribution in [0.1, 0.15) is 86.3 Å². The predicted octanol–water partition coefficient (Wildman–Crippen LogP) is 7.79. The Morgan fingerprint density at radius 3 is 2.22 bits per heavy atom. The Hall–Kier alpha value is -4.57.